The van der Waals surface area contributed by atoms with E-state index in [0.717, 1.165) is 6.07 Å². The summed E-state index contributed by atoms with van der Waals surface area (Å²) in [6, 6.07) is 7.85. The summed E-state index contributed by atoms with van der Waals surface area (Å²) in [4.78, 5) is 52.9. The molecule has 2 N–H and O–H groups in total. The van der Waals surface area contributed by atoms with Crippen LogP contribution in [0.25, 0.3) is 11.1 Å². The van der Waals surface area contributed by atoms with Gasteiger partial charge in [-0.3, -0.25) is 29.4 Å². The van der Waals surface area contributed by atoms with Crippen LogP contribution < -0.4 is 20.9 Å². The zero-order valence-electron chi connectivity index (χ0n) is 31.4. The molecular weight excluding hydrogens is 744 g/mol. The van der Waals surface area contributed by atoms with Crippen molar-refractivity contribution >= 4 is 23.4 Å². The molecule has 3 aromatic rings. The first-order valence-electron chi connectivity index (χ1n) is 18.7. The average molecular weight is 790 g/mol. The van der Waals surface area contributed by atoms with E-state index in [1.807, 2.05) is 4.90 Å². The van der Waals surface area contributed by atoms with Gasteiger partial charge >= 0.3 is 12.5 Å². The van der Waals surface area contributed by atoms with Crippen LogP contribution in [0.5, 0.6) is 5.75 Å². The molecule has 2 aromatic carbocycles. The molecule has 16 heteroatoms. The van der Waals surface area contributed by atoms with Crippen LogP contribution in [0.2, 0.25) is 0 Å². The quantitative estimate of drug-likeness (QED) is 0.189. The standard InChI is InChI=1S/C40H45F6N5O5/c1-23-24(2)38(55)49(3)21-31(23)27-4-5-28(34(19-27)56-40(44,45)46)18-25-10-14-50(15-11-25)22-36(53)51-16-12-26(13-17-51)30-7-6-29(20-32(30)39(41,42)43)47-33-8-9-35(52)48-37(33)54/h4-7,19-21,25-26,33,47H,8-18,22H2,1-3H3,(H,48,52,54). The monoisotopic (exact) mass is 789 g/mol. The number of piperidine rings is 3. The molecule has 0 bridgehead atoms. The Kier molecular flexibility index (Phi) is 11.9. The highest BCUT2D eigenvalue weighted by Crippen LogP contribution is 2.41. The summed E-state index contributed by atoms with van der Waals surface area (Å²) in [5.74, 6) is -1.79. The van der Waals surface area contributed by atoms with Crippen LogP contribution in [-0.2, 0) is 34.0 Å². The van der Waals surface area contributed by atoms with Gasteiger partial charge in [-0.1, -0.05) is 18.2 Å². The minimum Gasteiger partial charge on any atom is -0.405 e. The van der Waals surface area contributed by atoms with E-state index < -0.39 is 41.9 Å². The molecule has 3 saturated heterocycles. The number of likely N-dealkylation sites (tertiary alicyclic amines) is 2. The van der Waals surface area contributed by atoms with Gasteiger partial charge in [0.15, 0.2) is 0 Å². The van der Waals surface area contributed by atoms with E-state index in [4.69, 9.17) is 0 Å². The van der Waals surface area contributed by atoms with Crippen molar-refractivity contribution in [3.63, 3.8) is 0 Å². The number of carbonyl (C=O) groups excluding carboxylic acids is 3. The number of hydrogen-bond acceptors (Lipinski definition) is 7. The van der Waals surface area contributed by atoms with E-state index >= 15 is 0 Å². The van der Waals surface area contributed by atoms with Gasteiger partial charge in [-0.25, -0.2) is 0 Å². The molecule has 1 atom stereocenters. The molecule has 0 radical (unpaired) electrons. The molecule has 3 amide bonds. The fraction of sp³-hybridized carbons (Fsp3) is 0.500. The van der Waals surface area contributed by atoms with Crippen LogP contribution in [0.15, 0.2) is 47.4 Å². The van der Waals surface area contributed by atoms with Crippen molar-refractivity contribution in [2.45, 2.75) is 83.3 Å². The summed E-state index contributed by atoms with van der Waals surface area (Å²) < 4.78 is 89.2. The molecule has 302 valence electrons. The number of hydrogen-bond donors (Lipinski definition) is 2. The first-order valence-corrected chi connectivity index (χ1v) is 18.7. The molecule has 0 saturated carbocycles. The van der Waals surface area contributed by atoms with Crippen LogP contribution in [0.4, 0.5) is 32.0 Å². The third-order valence-electron chi connectivity index (χ3n) is 11.3. The third-order valence-corrected chi connectivity index (χ3v) is 11.3. The largest absolute Gasteiger partial charge is 0.573 e. The first-order chi connectivity index (χ1) is 26.4. The molecule has 3 aliphatic heterocycles. The van der Waals surface area contributed by atoms with Crippen molar-refractivity contribution in [1.29, 1.82) is 0 Å². The first kappa shape index (κ1) is 40.8. The predicted octanol–water partition coefficient (Wildman–Crippen LogP) is 6.46. The molecule has 0 aliphatic carbocycles. The predicted molar refractivity (Wildman–Crippen MR) is 196 cm³/mol. The van der Waals surface area contributed by atoms with E-state index in [1.165, 1.54) is 22.8 Å². The van der Waals surface area contributed by atoms with Gasteiger partial charge in [-0.2, -0.15) is 13.2 Å². The molecule has 6 rings (SSSR count). The molecule has 3 aliphatic rings. The number of aryl methyl sites for hydroxylation is 1. The second-order valence-corrected chi connectivity index (χ2v) is 15.1. The Hall–Kier alpha value is -4.86. The van der Waals surface area contributed by atoms with E-state index in [0.29, 0.717) is 86.1 Å². The molecule has 1 aromatic heterocycles. The maximum Gasteiger partial charge on any atom is 0.573 e. The summed E-state index contributed by atoms with van der Waals surface area (Å²) in [5.41, 5.74) is 2.00. The van der Waals surface area contributed by atoms with Gasteiger partial charge in [-0.05, 0) is 118 Å². The number of rotatable bonds is 9. The minimum atomic E-state index is -4.90. The van der Waals surface area contributed by atoms with E-state index in [9.17, 15) is 45.5 Å². The minimum absolute atomic E-state index is 0.0495. The van der Waals surface area contributed by atoms with Crippen molar-refractivity contribution in [3.8, 4) is 16.9 Å². The van der Waals surface area contributed by atoms with Crippen LogP contribution in [-0.4, -0.2) is 77.2 Å². The van der Waals surface area contributed by atoms with Gasteiger partial charge in [0.05, 0.1) is 12.1 Å². The third kappa shape index (κ3) is 9.56. The van der Waals surface area contributed by atoms with Gasteiger partial charge in [0.1, 0.15) is 11.8 Å². The number of aromatic nitrogens is 1. The number of amides is 3. The lowest BCUT2D eigenvalue weighted by molar-refractivity contribution is -0.274. The van der Waals surface area contributed by atoms with Crippen LogP contribution in [0.1, 0.15) is 72.3 Å². The Bertz CT molecular complexity index is 2030. The molecule has 10 nitrogen and oxygen atoms in total. The topological polar surface area (TPSA) is 113 Å². The van der Waals surface area contributed by atoms with Crippen LogP contribution in [0, 0.1) is 19.8 Å². The molecule has 3 fully saturated rings. The number of nitrogens with zero attached hydrogens (tertiary/aromatic N) is 3. The number of anilines is 1. The van der Waals surface area contributed by atoms with Crippen molar-refractivity contribution in [3.05, 3.63) is 80.8 Å². The van der Waals surface area contributed by atoms with Crippen LogP contribution >= 0.6 is 0 Å². The van der Waals surface area contributed by atoms with E-state index in [1.54, 1.807) is 44.1 Å². The second kappa shape index (κ2) is 16.3. The lowest BCUT2D eigenvalue weighted by Crippen LogP contribution is -2.47. The van der Waals surface area contributed by atoms with Crippen LogP contribution in [0.3, 0.4) is 0 Å². The number of carbonyl (C=O) groups is 3. The highest BCUT2D eigenvalue weighted by Gasteiger charge is 2.38. The fourth-order valence-corrected chi connectivity index (χ4v) is 8.05. The van der Waals surface area contributed by atoms with Crippen molar-refractivity contribution in [2.75, 3.05) is 38.0 Å². The maximum absolute atomic E-state index is 14.2. The normalized spacial score (nSPS) is 19.2. The number of halogens is 6. The maximum atomic E-state index is 14.2. The van der Waals surface area contributed by atoms with Gasteiger partial charge in [-0.15, -0.1) is 13.2 Å². The number of nitrogens with one attached hydrogen (secondary N) is 2. The average Bonchev–Trinajstić information content (AvgIpc) is 3.14. The summed E-state index contributed by atoms with van der Waals surface area (Å²) >= 11 is 0. The van der Waals surface area contributed by atoms with Gasteiger partial charge in [0.25, 0.3) is 5.56 Å². The number of pyridine rings is 1. The Morgan fingerprint density at radius 1 is 0.893 bits per heavy atom. The summed E-state index contributed by atoms with van der Waals surface area (Å²) in [6.07, 6.45) is -5.34. The van der Waals surface area contributed by atoms with Crippen molar-refractivity contribution < 1.29 is 45.5 Å². The zero-order valence-corrected chi connectivity index (χ0v) is 31.4. The Morgan fingerprint density at radius 3 is 2.23 bits per heavy atom. The second-order valence-electron chi connectivity index (χ2n) is 15.1. The summed E-state index contributed by atoms with van der Waals surface area (Å²) in [6.45, 7) is 5.28. The number of ether oxygens (including phenoxy) is 1. The van der Waals surface area contributed by atoms with Gasteiger partial charge in [0.2, 0.25) is 17.7 Å². The van der Waals surface area contributed by atoms with Crippen molar-refractivity contribution in [2.24, 2.45) is 13.0 Å². The zero-order chi connectivity index (χ0) is 40.5. The molecule has 0 spiro atoms. The molecule has 1 unspecified atom stereocenters. The van der Waals surface area contributed by atoms with E-state index in [2.05, 4.69) is 15.4 Å². The number of imide groups is 1. The SMILES string of the molecule is Cc1c(-c2ccc(CC3CCN(CC(=O)N4CCC(c5ccc(NC6CCC(=O)NC6=O)cc5C(F)(F)F)CC4)CC3)c(OC(F)(F)F)c2)cn(C)c(=O)c1C. The summed E-state index contributed by atoms with van der Waals surface area (Å²) in [5, 5.41) is 5.00. The number of alkyl halides is 6. The fourth-order valence-electron chi connectivity index (χ4n) is 8.05. The molecule has 4 heterocycles. The Labute approximate surface area is 320 Å². The lowest BCUT2D eigenvalue weighted by Gasteiger charge is -2.36. The highest BCUT2D eigenvalue weighted by molar-refractivity contribution is 6.01. The Balaban J connectivity index is 1.03. The molecular formula is C40H45F6N5O5. The molecule has 56 heavy (non-hydrogen) atoms. The van der Waals surface area contributed by atoms with Crippen molar-refractivity contribution in [1.82, 2.24) is 19.7 Å². The highest BCUT2D eigenvalue weighted by atomic mass is 19.4. The van der Waals surface area contributed by atoms with Gasteiger partial charge in [0, 0.05) is 49.6 Å². The summed E-state index contributed by atoms with van der Waals surface area (Å²) in [7, 11) is 1.59. The Morgan fingerprint density at radius 2 is 1.59 bits per heavy atom. The van der Waals surface area contributed by atoms with E-state index in [-0.39, 0.29) is 53.8 Å². The number of benzene rings is 2. The lowest BCUT2D eigenvalue weighted by atomic mass is 9.86. The smallest absolute Gasteiger partial charge is 0.405 e. The van der Waals surface area contributed by atoms with Gasteiger partial charge < -0.3 is 19.5 Å².